The Labute approximate surface area is 97.5 Å². The summed E-state index contributed by atoms with van der Waals surface area (Å²) in [6, 6.07) is 3.98. The van der Waals surface area contributed by atoms with Crippen molar-refractivity contribution in [1.29, 1.82) is 0 Å². The smallest absolute Gasteiger partial charge is 0.161 e. The highest BCUT2D eigenvalue weighted by Crippen LogP contribution is 2.38. The lowest BCUT2D eigenvalue weighted by molar-refractivity contribution is 0.107. The summed E-state index contributed by atoms with van der Waals surface area (Å²) in [6.45, 7) is 0.735. The molecule has 0 saturated heterocycles. The van der Waals surface area contributed by atoms with Crippen molar-refractivity contribution in [1.82, 2.24) is 0 Å². The Balaban J connectivity index is 2.48. The zero-order chi connectivity index (χ0) is 10.8. The predicted molar refractivity (Wildman–Crippen MR) is 60.9 cm³/mol. The number of hydrogen-bond acceptors (Lipinski definition) is 3. The second-order valence-corrected chi connectivity index (χ2v) is 4.17. The van der Waals surface area contributed by atoms with Crippen LogP contribution in [0.25, 0.3) is 0 Å². The van der Waals surface area contributed by atoms with E-state index in [1.807, 2.05) is 12.1 Å². The number of hydrogen-bond donors (Lipinski definition) is 0. The van der Waals surface area contributed by atoms with E-state index in [1.54, 1.807) is 14.2 Å². The van der Waals surface area contributed by atoms with Gasteiger partial charge >= 0.3 is 0 Å². The standard InChI is InChI=1S/C11H13BrO3/c1-13-9-5-7-3-4-15-11(12)8(7)6-10(9)14-2/h5-6,11H,3-4H2,1-2H3. The second kappa shape index (κ2) is 4.41. The van der Waals surface area contributed by atoms with Crippen molar-refractivity contribution in [3.63, 3.8) is 0 Å². The van der Waals surface area contributed by atoms with Crippen LogP contribution in [0.4, 0.5) is 0 Å². The van der Waals surface area contributed by atoms with Crippen LogP contribution in [0.1, 0.15) is 16.1 Å². The lowest BCUT2D eigenvalue weighted by Crippen LogP contribution is -2.12. The van der Waals surface area contributed by atoms with Gasteiger partial charge in [0.25, 0.3) is 0 Å². The van der Waals surface area contributed by atoms with Crippen molar-refractivity contribution >= 4 is 15.9 Å². The molecule has 4 heteroatoms. The largest absolute Gasteiger partial charge is 0.493 e. The van der Waals surface area contributed by atoms with E-state index in [1.165, 1.54) is 5.56 Å². The van der Waals surface area contributed by atoms with E-state index in [9.17, 15) is 0 Å². The summed E-state index contributed by atoms with van der Waals surface area (Å²) in [5.74, 6) is 1.52. The van der Waals surface area contributed by atoms with Gasteiger partial charge in [0.2, 0.25) is 0 Å². The van der Waals surface area contributed by atoms with Crippen molar-refractivity contribution in [2.24, 2.45) is 0 Å². The minimum atomic E-state index is -0.0407. The fourth-order valence-electron chi connectivity index (χ4n) is 1.73. The Morgan fingerprint density at radius 1 is 1.27 bits per heavy atom. The monoisotopic (exact) mass is 272 g/mol. The SMILES string of the molecule is COc1cc2c(cc1OC)C(Br)OCC2. The summed E-state index contributed by atoms with van der Waals surface area (Å²) >= 11 is 3.48. The van der Waals surface area contributed by atoms with Crippen LogP contribution in [0.2, 0.25) is 0 Å². The number of methoxy groups -OCH3 is 2. The van der Waals surface area contributed by atoms with Crippen LogP contribution in [0.3, 0.4) is 0 Å². The maximum absolute atomic E-state index is 5.50. The molecule has 1 unspecified atom stereocenters. The van der Waals surface area contributed by atoms with Gasteiger partial charge in [-0.1, -0.05) is 15.9 Å². The molecule has 0 saturated carbocycles. The number of ether oxygens (including phenoxy) is 3. The van der Waals surface area contributed by atoms with E-state index < -0.39 is 0 Å². The predicted octanol–water partition coefficient (Wildman–Crippen LogP) is 2.67. The molecule has 0 aliphatic carbocycles. The molecule has 1 aliphatic heterocycles. The van der Waals surface area contributed by atoms with E-state index in [-0.39, 0.29) is 5.01 Å². The average molecular weight is 273 g/mol. The Morgan fingerprint density at radius 2 is 1.93 bits per heavy atom. The van der Waals surface area contributed by atoms with Crippen LogP contribution in [0, 0.1) is 0 Å². The average Bonchev–Trinajstić information content (AvgIpc) is 2.28. The van der Waals surface area contributed by atoms with Crippen LogP contribution in [-0.4, -0.2) is 20.8 Å². The molecule has 0 radical (unpaired) electrons. The molecule has 0 amide bonds. The van der Waals surface area contributed by atoms with Crippen LogP contribution in [-0.2, 0) is 11.2 Å². The molecule has 2 rings (SSSR count). The molecule has 0 N–H and O–H groups in total. The van der Waals surface area contributed by atoms with E-state index in [0.29, 0.717) is 0 Å². The number of rotatable bonds is 2. The third-order valence-electron chi connectivity index (χ3n) is 2.53. The second-order valence-electron chi connectivity index (χ2n) is 3.34. The first kappa shape index (κ1) is 10.8. The van der Waals surface area contributed by atoms with E-state index >= 15 is 0 Å². The lowest BCUT2D eigenvalue weighted by Gasteiger charge is -2.23. The molecule has 0 fully saturated rings. The Bertz CT molecular complexity index is 365. The van der Waals surface area contributed by atoms with Crippen molar-refractivity contribution in [2.75, 3.05) is 20.8 Å². The van der Waals surface area contributed by atoms with E-state index in [2.05, 4.69) is 15.9 Å². The maximum atomic E-state index is 5.50. The van der Waals surface area contributed by atoms with E-state index in [4.69, 9.17) is 14.2 Å². The van der Waals surface area contributed by atoms with Crippen LogP contribution >= 0.6 is 15.9 Å². The van der Waals surface area contributed by atoms with Gasteiger partial charge in [-0.25, -0.2) is 0 Å². The molecule has 15 heavy (non-hydrogen) atoms. The molecule has 0 aromatic heterocycles. The van der Waals surface area contributed by atoms with Crippen LogP contribution in [0.15, 0.2) is 12.1 Å². The molecular formula is C11H13BrO3. The summed E-state index contributed by atoms with van der Waals surface area (Å²) < 4.78 is 16.0. The van der Waals surface area contributed by atoms with Crippen molar-refractivity contribution in [3.8, 4) is 11.5 Å². The van der Waals surface area contributed by atoms with E-state index in [0.717, 1.165) is 30.1 Å². The molecule has 0 spiro atoms. The fourth-order valence-corrected chi connectivity index (χ4v) is 2.34. The molecular weight excluding hydrogens is 260 g/mol. The summed E-state index contributed by atoms with van der Waals surface area (Å²) in [5, 5.41) is -0.0407. The molecule has 1 aromatic carbocycles. The highest BCUT2D eigenvalue weighted by atomic mass is 79.9. The normalized spacial score (nSPS) is 19.5. The molecule has 1 atom stereocenters. The fraction of sp³-hybridized carbons (Fsp3) is 0.455. The lowest BCUT2D eigenvalue weighted by atomic mass is 10.0. The molecule has 1 aromatic rings. The number of benzene rings is 1. The van der Waals surface area contributed by atoms with Gasteiger partial charge in [-0.3, -0.25) is 0 Å². The molecule has 1 heterocycles. The zero-order valence-electron chi connectivity index (χ0n) is 8.75. The van der Waals surface area contributed by atoms with Gasteiger partial charge in [0.15, 0.2) is 11.5 Å². The number of fused-ring (bicyclic) bond motifs is 1. The highest BCUT2D eigenvalue weighted by Gasteiger charge is 2.21. The van der Waals surface area contributed by atoms with Crippen LogP contribution < -0.4 is 9.47 Å². The quantitative estimate of drug-likeness (QED) is 0.775. The maximum Gasteiger partial charge on any atom is 0.161 e. The minimum Gasteiger partial charge on any atom is -0.493 e. The molecule has 1 aliphatic rings. The zero-order valence-corrected chi connectivity index (χ0v) is 10.3. The van der Waals surface area contributed by atoms with Gasteiger partial charge in [-0.15, -0.1) is 0 Å². The molecule has 0 bridgehead atoms. The van der Waals surface area contributed by atoms with Crippen molar-refractivity contribution in [2.45, 2.75) is 11.4 Å². The van der Waals surface area contributed by atoms with Gasteiger partial charge in [0.1, 0.15) is 5.01 Å². The van der Waals surface area contributed by atoms with Crippen molar-refractivity contribution < 1.29 is 14.2 Å². The third-order valence-corrected chi connectivity index (χ3v) is 3.28. The van der Waals surface area contributed by atoms with Crippen molar-refractivity contribution in [3.05, 3.63) is 23.3 Å². The highest BCUT2D eigenvalue weighted by molar-refractivity contribution is 9.09. The van der Waals surface area contributed by atoms with Gasteiger partial charge in [0, 0.05) is 0 Å². The van der Waals surface area contributed by atoms with Gasteiger partial charge in [-0.05, 0) is 29.7 Å². The molecule has 82 valence electrons. The molecule has 3 nitrogen and oxygen atoms in total. The number of alkyl halides is 1. The summed E-state index contributed by atoms with van der Waals surface area (Å²) in [5.41, 5.74) is 2.37. The minimum absolute atomic E-state index is 0.0407. The Kier molecular flexibility index (Phi) is 3.17. The first-order valence-corrected chi connectivity index (χ1v) is 5.68. The third kappa shape index (κ3) is 1.96. The first-order chi connectivity index (χ1) is 7.26. The first-order valence-electron chi connectivity index (χ1n) is 4.76. The van der Waals surface area contributed by atoms with Gasteiger partial charge < -0.3 is 14.2 Å². The van der Waals surface area contributed by atoms with Gasteiger partial charge in [-0.2, -0.15) is 0 Å². The summed E-state index contributed by atoms with van der Waals surface area (Å²) in [7, 11) is 3.28. The Hall–Kier alpha value is -0.740. The summed E-state index contributed by atoms with van der Waals surface area (Å²) in [4.78, 5) is 0. The Morgan fingerprint density at radius 3 is 2.60 bits per heavy atom. The number of halogens is 1. The van der Waals surface area contributed by atoms with Gasteiger partial charge in [0.05, 0.1) is 20.8 Å². The topological polar surface area (TPSA) is 27.7 Å². The van der Waals surface area contributed by atoms with Crippen LogP contribution in [0.5, 0.6) is 11.5 Å². The summed E-state index contributed by atoms with van der Waals surface area (Å²) in [6.07, 6.45) is 0.914.